The summed E-state index contributed by atoms with van der Waals surface area (Å²) < 4.78 is 26.4. The molecule has 1 aromatic heterocycles. The average molecular weight is 219 g/mol. The lowest BCUT2D eigenvalue weighted by Crippen LogP contribution is -2.08. The van der Waals surface area contributed by atoms with Gasteiger partial charge >= 0.3 is 0 Å². The Bertz CT molecular complexity index is 312. The number of hydrogen-bond donors (Lipinski definition) is 1. The van der Waals surface area contributed by atoms with E-state index in [2.05, 4.69) is 10.3 Å². The molecule has 1 rings (SSSR count). The van der Waals surface area contributed by atoms with Crippen LogP contribution in [-0.4, -0.2) is 20.1 Å². The smallest absolute Gasteiger partial charge is 0.282 e. The molecule has 0 spiro atoms. The van der Waals surface area contributed by atoms with Crippen molar-refractivity contribution in [3.63, 3.8) is 0 Å². The average Bonchev–Trinajstić information content (AvgIpc) is 2.57. The third kappa shape index (κ3) is 2.95. The molecule has 15 heavy (non-hydrogen) atoms. The van der Waals surface area contributed by atoms with Crippen LogP contribution in [0.25, 0.3) is 0 Å². The number of hydrogen-bond acceptors (Lipinski definition) is 3. The third-order valence-electron chi connectivity index (χ3n) is 2.12. The second-order valence-corrected chi connectivity index (χ2v) is 3.79. The first-order chi connectivity index (χ1) is 7.06. The van der Waals surface area contributed by atoms with Gasteiger partial charge in [-0.15, -0.1) is 5.10 Å². The van der Waals surface area contributed by atoms with Gasteiger partial charge in [-0.1, -0.05) is 19.1 Å². The topological polar surface area (TPSA) is 50.9 Å². The largest absolute Gasteiger partial charge is 0.390 e. The molecule has 0 aliphatic carbocycles. The van der Waals surface area contributed by atoms with Gasteiger partial charge in [-0.25, -0.2) is 13.5 Å². The van der Waals surface area contributed by atoms with Crippen LogP contribution in [0.4, 0.5) is 8.78 Å². The molecule has 0 aromatic carbocycles. The lowest BCUT2D eigenvalue weighted by Gasteiger charge is -2.08. The molecule has 86 valence electrons. The molecule has 0 aliphatic heterocycles. The van der Waals surface area contributed by atoms with Crippen LogP contribution in [0, 0.1) is 5.92 Å². The van der Waals surface area contributed by atoms with Gasteiger partial charge in [0.15, 0.2) is 0 Å². The molecule has 0 unspecified atom stereocenters. The molecule has 1 aromatic rings. The number of aryl methyl sites for hydroxylation is 1. The zero-order valence-electron chi connectivity index (χ0n) is 8.82. The van der Waals surface area contributed by atoms with Gasteiger partial charge in [0.1, 0.15) is 11.4 Å². The molecule has 0 saturated carbocycles. The van der Waals surface area contributed by atoms with Crippen LogP contribution in [0.2, 0.25) is 0 Å². The molecule has 0 radical (unpaired) electrons. The van der Waals surface area contributed by atoms with Gasteiger partial charge in [-0.05, 0) is 12.3 Å². The molecule has 1 N–H and O–H groups in total. The summed E-state index contributed by atoms with van der Waals surface area (Å²) in [6.07, 6.45) is -1.89. The van der Waals surface area contributed by atoms with Crippen molar-refractivity contribution in [1.29, 1.82) is 0 Å². The number of alkyl halides is 2. The Hall–Kier alpha value is -1.04. The Morgan fingerprint density at radius 2 is 2.07 bits per heavy atom. The first-order valence-electron chi connectivity index (χ1n) is 4.87. The van der Waals surface area contributed by atoms with Crippen LogP contribution >= 0.6 is 0 Å². The predicted octanol–water partition coefficient (Wildman–Crippen LogP) is 1.75. The Labute approximate surface area is 86.9 Å². The Balaban J connectivity index is 2.82. The van der Waals surface area contributed by atoms with Crippen LogP contribution in [0.5, 0.6) is 0 Å². The normalized spacial score (nSPS) is 11.7. The first kappa shape index (κ1) is 12.0. The van der Waals surface area contributed by atoms with E-state index in [9.17, 15) is 8.78 Å². The van der Waals surface area contributed by atoms with Crippen LogP contribution in [0.1, 0.15) is 38.1 Å². The minimum atomic E-state index is -2.64. The van der Waals surface area contributed by atoms with Crippen LogP contribution in [0.3, 0.4) is 0 Å². The van der Waals surface area contributed by atoms with E-state index in [1.165, 1.54) is 4.68 Å². The van der Waals surface area contributed by atoms with E-state index in [-0.39, 0.29) is 11.4 Å². The SMILES string of the molecule is CC(C)CCn1nnc(CO)c1C(F)F. The minimum Gasteiger partial charge on any atom is -0.390 e. The molecular formula is C9H15F2N3O. The van der Waals surface area contributed by atoms with Gasteiger partial charge in [0.25, 0.3) is 6.43 Å². The highest BCUT2D eigenvalue weighted by atomic mass is 19.3. The highest BCUT2D eigenvalue weighted by molar-refractivity contribution is 5.10. The van der Waals surface area contributed by atoms with Gasteiger partial charge in [0.2, 0.25) is 0 Å². The molecular weight excluding hydrogens is 204 g/mol. The fraction of sp³-hybridized carbons (Fsp3) is 0.778. The number of rotatable bonds is 5. The Morgan fingerprint density at radius 1 is 1.40 bits per heavy atom. The zero-order valence-corrected chi connectivity index (χ0v) is 8.82. The van der Waals surface area contributed by atoms with Crippen molar-refractivity contribution in [2.24, 2.45) is 5.92 Å². The summed E-state index contributed by atoms with van der Waals surface area (Å²) in [6, 6.07) is 0. The number of halogens is 2. The lowest BCUT2D eigenvalue weighted by atomic mass is 10.1. The first-order valence-corrected chi connectivity index (χ1v) is 4.87. The molecule has 0 saturated heterocycles. The van der Waals surface area contributed by atoms with E-state index in [1.54, 1.807) is 0 Å². The van der Waals surface area contributed by atoms with Gasteiger partial charge in [0.05, 0.1) is 6.61 Å². The molecule has 1 heterocycles. The summed E-state index contributed by atoms with van der Waals surface area (Å²) in [6.45, 7) is 3.92. The molecule has 0 fully saturated rings. The van der Waals surface area contributed by atoms with E-state index in [4.69, 9.17) is 5.11 Å². The van der Waals surface area contributed by atoms with Crippen molar-refractivity contribution >= 4 is 0 Å². The summed E-state index contributed by atoms with van der Waals surface area (Å²) >= 11 is 0. The number of aliphatic hydroxyl groups excluding tert-OH is 1. The maximum absolute atomic E-state index is 12.6. The number of nitrogens with zero attached hydrogens (tertiary/aromatic N) is 3. The Morgan fingerprint density at radius 3 is 2.53 bits per heavy atom. The van der Waals surface area contributed by atoms with Crippen molar-refractivity contribution in [2.45, 2.75) is 39.8 Å². The van der Waals surface area contributed by atoms with E-state index in [1.807, 2.05) is 13.8 Å². The summed E-state index contributed by atoms with van der Waals surface area (Å²) in [5, 5.41) is 15.9. The quantitative estimate of drug-likeness (QED) is 0.820. The summed E-state index contributed by atoms with van der Waals surface area (Å²) in [4.78, 5) is 0. The number of aromatic nitrogens is 3. The maximum atomic E-state index is 12.6. The summed E-state index contributed by atoms with van der Waals surface area (Å²) in [5.74, 6) is 0.414. The van der Waals surface area contributed by atoms with E-state index < -0.39 is 13.0 Å². The molecule has 0 atom stereocenters. The molecule has 0 aliphatic rings. The van der Waals surface area contributed by atoms with Crippen molar-refractivity contribution < 1.29 is 13.9 Å². The molecule has 6 heteroatoms. The zero-order chi connectivity index (χ0) is 11.4. The highest BCUT2D eigenvalue weighted by Crippen LogP contribution is 2.21. The van der Waals surface area contributed by atoms with Crippen LogP contribution < -0.4 is 0 Å². The van der Waals surface area contributed by atoms with Gasteiger partial charge in [0, 0.05) is 6.54 Å². The Kier molecular flexibility index (Phi) is 4.14. The second-order valence-electron chi connectivity index (χ2n) is 3.79. The van der Waals surface area contributed by atoms with Crippen molar-refractivity contribution in [1.82, 2.24) is 15.0 Å². The van der Waals surface area contributed by atoms with Crippen LogP contribution in [-0.2, 0) is 13.2 Å². The lowest BCUT2D eigenvalue weighted by molar-refractivity contribution is 0.134. The van der Waals surface area contributed by atoms with E-state index in [0.29, 0.717) is 12.5 Å². The van der Waals surface area contributed by atoms with Crippen molar-refractivity contribution in [3.05, 3.63) is 11.4 Å². The number of aliphatic hydroxyl groups is 1. The monoisotopic (exact) mass is 219 g/mol. The fourth-order valence-electron chi connectivity index (χ4n) is 1.25. The van der Waals surface area contributed by atoms with E-state index >= 15 is 0 Å². The highest BCUT2D eigenvalue weighted by Gasteiger charge is 2.20. The van der Waals surface area contributed by atoms with Gasteiger partial charge < -0.3 is 5.11 Å². The second kappa shape index (κ2) is 5.16. The van der Waals surface area contributed by atoms with Crippen molar-refractivity contribution in [3.8, 4) is 0 Å². The molecule has 0 amide bonds. The van der Waals surface area contributed by atoms with Crippen molar-refractivity contribution in [2.75, 3.05) is 0 Å². The summed E-state index contributed by atoms with van der Waals surface area (Å²) in [7, 11) is 0. The predicted molar refractivity (Wildman–Crippen MR) is 50.4 cm³/mol. The summed E-state index contributed by atoms with van der Waals surface area (Å²) in [5.41, 5.74) is -0.299. The van der Waals surface area contributed by atoms with Gasteiger partial charge in [-0.3, -0.25) is 0 Å². The third-order valence-corrected chi connectivity index (χ3v) is 2.12. The molecule has 0 bridgehead atoms. The minimum absolute atomic E-state index is 0.0336. The van der Waals surface area contributed by atoms with E-state index in [0.717, 1.165) is 6.42 Å². The van der Waals surface area contributed by atoms with Gasteiger partial charge in [-0.2, -0.15) is 0 Å². The standard InChI is InChI=1S/C9H15F2N3O/c1-6(2)3-4-14-8(9(10)11)7(5-15)12-13-14/h6,9,15H,3-5H2,1-2H3. The maximum Gasteiger partial charge on any atom is 0.282 e. The van der Waals surface area contributed by atoms with Crippen LogP contribution in [0.15, 0.2) is 0 Å². The fourth-order valence-corrected chi connectivity index (χ4v) is 1.25. The molecule has 4 nitrogen and oxygen atoms in total.